The van der Waals surface area contributed by atoms with E-state index in [0.717, 1.165) is 21.9 Å². The second-order valence-electron chi connectivity index (χ2n) is 9.29. The number of benzene rings is 4. The third-order valence-electron chi connectivity index (χ3n) is 7.45. The molecular formula is C29H17NO4. The molecule has 0 saturated heterocycles. The third kappa shape index (κ3) is 2.28. The van der Waals surface area contributed by atoms with E-state index in [1.54, 1.807) is 60.7 Å². The molecule has 0 unspecified atom stereocenters. The van der Waals surface area contributed by atoms with Gasteiger partial charge in [-0.15, -0.1) is 0 Å². The molecule has 0 aromatic heterocycles. The van der Waals surface area contributed by atoms with Gasteiger partial charge in [-0.2, -0.15) is 0 Å². The summed E-state index contributed by atoms with van der Waals surface area (Å²) in [6.07, 6.45) is 0.704. The van der Waals surface area contributed by atoms with Crippen LogP contribution in [-0.4, -0.2) is 23.4 Å². The zero-order valence-electron chi connectivity index (χ0n) is 18.0. The Morgan fingerprint density at radius 3 is 1.53 bits per heavy atom. The average Bonchev–Trinajstić information content (AvgIpc) is 3.42. The van der Waals surface area contributed by atoms with Crippen LogP contribution in [0.25, 0.3) is 10.8 Å². The predicted molar refractivity (Wildman–Crippen MR) is 126 cm³/mol. The highest BCUT2D eigenvalue weighted by Crippen LogP contribution is 2.48. The largest absolute Gasteiger partial charge is 0.293 e. The minimum atomic E-state index is -1.08. The van der Waals surface area contributed by atoms with Gasteiger partial charge in [-0.1, -0.05) is 54.6 Å². The van der Waals surface area contributed by atoms with Crippen LogP contribution < -0.4 is 4.90 Å². The van der Waals surface area contributed by atoms with E-state index in [4.69, 9.17) is 0 Å². The van der Waals surface area contributed by atoms with Crippen molar-refractivity contribution in [3.8, 4) is 0 Å². The van der Waals surface area contributed by atoms with Crippen molar-refractivity contribution in [2.75, 3.05) is 4.90 Å². The molecule has 2 amide bonds. The Hall–Kier alpha value is -4.38. The van der Waals surface area contributed by atoms with E-state index in [0.29, 0.717) is 40.8 Å². The van der Waals surface area contributed by atoms with Crippen LogP contribution in [0.1, 0.15) is 52.6 Å². The van der Waals surface area contributed by atoms with Gasteiger partial charge in [-0.3, -0.25) is 19.2 Å². The van der Waals surface area contributed by atoms with Crippen LogP contribution in [0.3, 0.4) is 0 Å². The molecule has 162 valence electrons. The monoisotopic (exact) mass is 443 g/mol. The number of rotatable bonds is 1. The molecule has 1 aliphatic heterocycles. The summed E-state index contributed by atoms with van der Waals surface area (Å²) < 4.78 is 0. The van der Waals surface area contributed by atoms with Gasteiger partial charge in [0, 0.05) is 11.1 Å². The topological polar surface area (TPSA) is 71.5 Å². The van der Waals surface area contributed by atoms with Crippen molar-refractivity contribution in [1.29, 1.82) is 0 Å². The maximum atomic E-state index is 13.3. The van der Waals surface area contributed by atoms with Crippen molar-refractivity contribution in [2.24, 2.45) is 5.41 Å². The first-order valence-electron chi connectivity index (χ1n) is 11.2. The molecule has 1 heterocycles. The summed E-state index contributed by atoms with van der Waals surface area (Å²) in [5.41, 5.74) is 3.09. The Labute approximate surface area is 194 Å². The van der Waals surface area contributed by atoms with E-state index in [9.17, 15) is 19.2 Å². The second kappa shape index (κ2) is 6.35. The number of para-hydroxylation sites is 1. The number of hydrogen-bond acceptors (Lipinski definition) is 4. The number of hydrogen-bond donors (Lipinski definition) is 0. The Kier molecular flexibility index (Phi) is 3.57. The van der Waals surface area contributed by atoms with E-state index in [-0.39, 0.29) is 23.4 Å². The number of amides is 2. The SMILES string of the molecule is O=C1c2cc3cc4c(cc3cc2C(=O)N1c1ccccc1)CC1(C4)C(=O)c2ccccc2C1=O. The first kappa shape index (κ1) is 19.1. The van der Waals surface area contributed by atoms with Crippen molar-refractivity contribution in [1.82, 2.24) is 0 Å². The van der Waals surface area contributed by atoms with Crippen LogP contribution in [0.15, 0.2) is 78.9 Å². The van der Waals surface area contributed by atoms with Gasteiger partial charge in [0.15, 0.2) is 11.6 Å². The number of carbonyl (C=O) groups is 4. The van der Waals surface area contributed by atoms with Crippen LogP contribution in [0.2, 0.25) is 0 Å². The number of nitrogens with zero attached hydrogens (tertiary/aromatic N) is 1. The van der Waals surface area contributed by atoms with Gasteiger partial charge in [-0.05, 0) is 59.0 Å². The fourth-order valence-electron chi connectivity index (χ4n) is 5.80. The summed E-state index contributed by atoms with van der Waals surface area (Å²) in [7, 11) is 0. The van der Waals surface area contributed by atoms with Crippen LogP contribution in [-0.2, 0) is 12.8 Å². The van der Waals surface area contributed by atoms with Crippen molar-refractivity contribution in [3.05, 3.63) is 112 Å². The molecule has 34 heavy (non-hydrogen) atoms. The Balaban J connectivity index is 1.32. The summed E-state index contributed by atoms with van der Waals surface area (Å²) in [5, 5.41) is 1.64. The lowest BCUT2D eigenvalue weighted by Crippen LogP contribution is -2.34. The van der Waals surface area contributed by atoms with Gasteiger partial charge in [0.05, 0.1) is 16.8 Å². The third-order valence-corrected chi connectivity index (χ3v) is 7.45. The van der Waals surface area contributed by atoms with Gasteiger partial charge in [0.1, 0.15) is 5.41 Å². The van der Waals surface area contributed by atoms with E-state index in [2.05, 4.69) is 0 Å². The standard InChI is InChI=1S/C29H17NO4/c31-25-21-8-4-5-9-22(21)26(32)29(25)14-18-10-16-12-23-24(13-17(16)11-19(18)15-29)28(34)30(27(23)33)20-6-2-1-3-7-20/h1-13H,14-15H2. The molecule has 0 saturated carbocycles. The molecular weight excluding hydrogens is 426 g/mol. The van der Waals surface area contributed by atoms with Crippen LogP contribution in [0.4, 0.5) is 5.69 Å². The lowest BCUT2D eigenvalue weighted by molar-refractivity contribution is 0.0709. The second-order valence-corrected chi connectivity index (χ2v) is 9.29. The highest BCUT2D eigenvalue weighted by Gasteiger charge is 2.55. The molecule has 1 spiro atoms. The zero-order valence-corrected chi connectivity index (χ0v) is 18.0. The van der Waals surface area contributed by atoms with Crippen molar-refractivity contribution in [3.63, 3.8) is 0 Å². The first-order valence-corrected chi connectivity index (χ1v) is 11.2. The van der Waals surface area contributed by atoms with Gasteiger partial charge in [-0.25, -0.2) is 4.90 Å². The molecule has 0 radical (unpaired) electrons. The average molecular weight is 443 g/mol. The predicted octanol–water partition coefficient (Wildman–Crippen LogP) is 4.80. The summed E-state index contributed by atoms with van der Waals surface area (Å²) in [6.45, 7) is 0. The molecule has 2 aliphatic carbocycles. The lowest BCUT2D eigenvalue weighted by atomic mass is 9.80. The van der Waals surface area contributed by atoms with E-state index in [1.165, 1.54) is 4.90 Å². The molecule has 3 aliphatic rings. The summed E-state index contributed by atoms with van der Waals surface area (Å²) in [6, 6.07) is 23.4. The number of ketones is 2. The fraction of sp³-hybridized carbons (Fsp3) is 0.103. The van der Waals surface area contributed by atoms with Crippen LogP contribution in [0, 0.1) is 5.41 Å². The van der Waals surface area contributed by atoms with E-state index < -0.39 is 5.41 Å². The Morgan fingerprint density at radius 1 is 0.559 bits per heavy atom. The molecule has 4 aromatic rings. The maximum Gasteiger partial charge on any atom is 0.266 e. The molecule has 0 bridgehead atoms. The zero-order chi connectivity index (χ0) is 23.2. The summed E-state index contributed by atoms with van der Waals surface area (Å²) in [5.74, 6) is -0.914. The van der Waals surface area contributed by atoms with Crippen molar-refractivity contribution in [2.45, 2.75) is 12.8 Å². The van der Waals surface area contributed by atoms with Crippen LogP contribution in [0.5, 0.6) is 0 Å². The van der Waals surface area contributed by atoms with E-state index in [1.807, 2.05) is 18.2 Å². The normalized spacial score (nSPS) is 17.6. The van der Waals surface area contributed by atoms with Crippen molar-refractivity contribution >= 4 is 39.8 Å². The quantitative estimate of drug-likeness (QED) is 0.313. The number of fused-ring (bicyclic) bond motifs is 4. The van der Waals surface area contributed by atoms with Crippen LogP contribution >= 0.6 is 0 Å². The maximum absolute atomic E-state index is 13.3. The van der Waals surface area contributed by atoms with Gasteiger partial charge in [0.2, 0.25) is 0 Å². The van der Waals surface area contributed by atoms with Gasteiger partial charge < -0.3 is 0 Å². The minimum Gasteiger partial charge on any atom is -0.293 e. The highest BCUT2D eigenvalue weighted by molar-refractivity contribution is 6.35. The molecule has 0 N–H and O–H groups in total. The summed E-state index contributed by atoms with van der Waals surface area (Å²) >= 11 is 0. The molecule has 0 atom stereocenters. The molecule has 0 fully saturated rings. The number of anilines is 1. The van der Waals surface area contributed by atoms with Crippen molar-refractivity contribution < 1.29 is 19.2 Å². The first-order chi connectivity index (χ1) is 16.5. The van der Waals surface area contributed by atoms with Gasteiger partial charge in [0.25, 0.3) is 11.8 Å². The number of Topliss-reactive ketones (excluding diaryl/α,β-unsaturated/α-hetero) is 2. The van der Waals surface area contributed by atoms with E-state index >= 15 is 0 Å². The number of imide groups is 1. The number of carbonyl (C=O) groups excluding carboxylic acids is 4. The van der Waals surface area contributed by atoms with Gasteiger partial charge >= 0.3 is 0 Å². The molecule has 5 nitrogen and oxygen atoms in total. The lowest BCUT2D eigenvalue weighted by Gasteiger charge is -2.18. The smallest absolute Gasteiger partial charge is 0.266 e. The summed E-state index contributed by atoms with van der Waals surface area (Å²) in [4.78, 5) is 54.0. The Morgan fingerprint density at radius 2 is 1.03 bits per heavy atom. The fourth-order valence-corrected chi connectivity index (χ4v) is 5.80. The minimum absolute atomic E-state index is 0.111. The highest BCUT2D eigenvalue weighted by atomic mass is 16.2. The molecule has 7 rings (SSSR count). The molecule has 5 heteroatoms. The Bertz CT molecular complexity index is 1530. The molecule has 4 aromatic carbocycles.